The van der Waals surface area contributed by atoms with Crippen LogP contribution in [0.4, 0.5) is 0 Å². The molecule has 12 N–H and O–H groups in total. The monoisotopic (exact) mass is 917 g/mol. The van der Waals surface area contributed by atoms with E-state index >= 15 is 0 Å². The fraction of sp³-hybridized carbons (Fsp3) is 0.950. The number of nitrogens with zero attached hydrogens (tertiary/aromatic N) is 2. The van der Waals surface area contributed by atoms with Crippen LogP contribution in [0, 0.1) is 11.8 Å². The molecule has 0 spiro atoms. The molecule has 0 aromatic rings. The Morgan fingerprint density at radius 2 is 0.790 bits per heavy atom. The standard InChI is InChI=1S/C40H76N12O8S2/c53-61(54,55)33-25-31(43-37-45-35(41-29-7-3-1-4-8-29)47-39(49-37)51-17-21-59-22-18-51)15-13-27(33)11-12-28-14-16-32(26-34(28)62(56,57)58)44-38-46-36(42-30-9-5-2-6-10-30)48-40(50-38)52-19-23-60-24-20-52/h11-12,27-50H,1-10,13-26H2,(H,53,54,55)(H,56,57,58). The van der Waals surface area contributed by atoms with Gasteiger partial charge in [-0.05, 0) is 76.0 Å². The smallest absolute Gasteiger partial charge is 0.268 e. The number of hydrogen-bond acceptors (Lipinski definition) is 18. The van der Waals surface area contributed by atoms with Gasteiger partial charge in [0.05, 0.1) is 36.9 Å². The zero-order valence-electron chi connectivity index (χ0n) is 36.3. The Morgan fingerprint density at radius 1 is 0.452 bits per heavy atom. The van der Waals surface area contributed by atoms with Crippen LogP contribution in [0.25, 0.3) is 0 Å². The van der Waals surface area contributed by atoms with Crippen molar-refractivity contribution in [2.75, 3.05) is 52.6 Å². The van der Waals surface area contributed by atoms with Crippen molar-refractivity contribution < 1.29 is 35.4 Å². The Balaban J connectivity index is 0.881. The minimum atomic E-state index is -4.44. The van der Waals surface area contributed by atoms with Gasteiger partial charge in [0.2, 0.25) is 0 Å². The van der Waals surface area contributed by atoms with Gasteiger partial charge in [0.1, 0.15) is 37.7 Å². The topological polar surface area (TPSA) is 254 Å². The van der Waals surface area contributed by atoms with Gasteiger partial charge in [-0.15, -0.1) is 0 Å². The lowest BCUT2D eigenvalue weighted by molar-refractivity contribution is -0.0313. The minimum absolute atomic E-state index is 0.129. The van der Waals surface area contributed by atoms with Crippen molar-refractivity contribution in [3.63, 3.8) is 0 Å². The summed E-state index contributed by atoms with van der Waals surface area (Å²) in [5.41, 5.74) is 0. The Morgan fingerprint density at radius 3 is 1.13 bits per heavy atom. The van der Waals surface area contributed by atoms with E-state index in [0.717, 1.165) is 51.9 Å². The second-order valence-corrected chi connectivity index (χ2v) is 22.3. The molecule has 0 radical (unpaired) electrons. The average Bonchev–Trinajstić information content (AvgIpc) is 3.27. The molecule has 4 heterocycles. The molecule has 62 heavy (non-hydrogen) atoms. The second kappa shape index (κ2) is 22.2. The first-order valence-corrected chi connectivity index (χ1v) is 26.8. The third-order valence-electron chi connectivity index (χ3n) is 14.7. The number of morpholine rings is 2. The van der Waals surface area contributed by atoms with Crippen LogP contribution in [-0.4, -0.2) is 161 Å². The zero-order valence-corrected chi connectivity index (χ0v) is 37.9. The zero-order chi connectivity index (χ0) is 43.1. The molecule has 4 aliphatic carbocycles. The van der Waals surface area contributed by atoms with Crippen molar-refractivity contribution in [2.24, 2.45) is 11.8 Å². The van der Waals surface area contributed by atoms with Gasteiger partial charge in [-0.1, -0.05) is 50.7 Å². The van der Waals surface area contributed by atoms with E-state index in [2.05, 4.69) is 63.0 Å². The van der Waals surface area contributed by atoms with Crippen LogP contribution >= 0.6 is 0 Å². The molecule has 0 aromatic heterocycles. The largest absolute Gasteiger partial charge is 0.379 e. The van der Waals surface area contributed by atoms with E-state index in [1.165, 1.54) is 38.5 Å². The number of allylic oxidation sites excluding steroid dienone is 2. The van der Waals surface area contributed by atoms with E-state index in [9.17, 15) is 25.9 Å². The third-order valence-corrected chi connectivity index (χ3v) is 17.3. The molecule has 4 aliphatic heterocycles. The first kappa shape index (κ1) is 47.5. The quantitative estimate of drug-likeness (QED) is 0.0764. The van der Waals surface area contributed by atoms with Gasteiger partial charge in [0.25, 0.3) is 20.2 Å². The van der Waals surface area contributed by atoms with Gasteiger partial charge in [0.15, 0.2) is 0 Å². The van der Waals surface area contributed by atoms with E-state index < -0.39 is 42.6 Å². The summed E-state index contributed by atoms with van der Waals surface area (Å²) in [5.74, 6) is -1.02. The van der Waals surface area contributed by atoms with E-state index in [-0.39, 0.29) is 62.7 Å². The van der Waals surface area contributed by atoms with Crippen LogP contribution in [0.5, 0.6) is 0 Å². The molecule has 0 amide bonds. The Kier molecular flexibility index (Phi) is 17.0. The fourth-order valence-corrected chi connectivity index (χ4v) is 13.5. The predicted octanol–water partition coefficient (Wildman–Crippen LogP) is -0.653. The first-order chi connectivity index (χ1) is 29.9. The van der Waals surface area contributed by atoms with E-state index in [4.69, 9.17) is 9.47 Å². The van der Waals surface area contributed by atoms with Gasteiger partial charge in [0, 0.05) is 50.3 Å². The van der Waals surface area contributed by atoms with E-state index in [1.807, 2.05) is 0 Å². The van der Waals surface area contributed by atoms with Crippen LogP contribution < -0.4 is 53.2 Å². The molecule has 12 unspecified atom stereocenters. The van der Waals surface area contributed by atoms with Gasteiger partial charge in [-0.2, -0.15) is 16.8 Å². The maximum atomic E-state index is 13.0. The highest BCUT2D eigenvalue weighted by Crippen LogP contribution is 2.35. The molecule has 4 saturated heterocycles. The van der Waals surface area contributed by atoms with Gasteiger partial charge < -0.3 is 9.47 Å². The highest BCUT2D eigenvalue weighted by Gasteiger charge is 2.42. The number of nitrogens with one attached hydrogen (secondary N) is 10. The molecular formula is C40H76N12O8S2. The SMILES string of the molecule is O=S(=O)(O)C1CC(NC2NC(NC3CCCCC3)NC(N3CCOCC3)N2)CCC1C=CC1CCC(NC2NC(NC3CCCCC3)NC(N3CCOCC3)N2)CC1S(=O)(=O)O. The highest BCUT2D eigenvalue weighted by atomic mass is 32.2. The van der Waals surface area contributed by atoms with Crippen LogP contribution in [0.1, 0.15) is 103 Å². The molecule has 12 atom stereocenters. The minimum Gasteiger partial charge on any atom is -0.379 e. The molecular weight excluding hydrogens is 841 g/mol. The summed E-state index contributed by atoms with van der Waals surface area (Å²) in [5, 5.41) is 34.4. The van der Waals surface area contributed by atoms with E-state index in [0.29, 0.717) is 64.2 Å². The van der Waals surface area contributed by atoms with Gasteiger partial charge >= 0.3 is 0 Å². The molecule has 356 valence electrons. The molecule has 8 aliphatic rings. The number of ether oxygens (including phenoxy) is 2. The summed E-state index contributed by atoms with van der Waals surface area (Å²) in [6, 6.07) is 0.405. The van der Waals surface area contributed by atoms with Crippen molar-refractivity contribution in [1.82, 2.24) is 63.0 Å². The number of hydrogen-bond donors (Lipinski definition) is 12. The first-order valence-electron chi connectivity index (χ1n) is 23.8. The molecule has 4 saturated carbocycles. The van der Waals surface area contributed by atoms with Crippen LogP contribution in [0.15, 0.2) is 12.2 Å². The summed E-state index contributed by atoms with van der Waals surface area (Å²) in [6.07, 6.45) is 16.9. The third kappa shape index (κ3) is 13.3. The molecule has 0 bridgehead atoms. The normalized spacial score (nSPS) is 39.8. The Bertz CT molecular complexity index is 1530. The lowest BCUT2D eigenvalue weighted by Gasteiger charge is -2.47. The summed E-state index contributed by atoms with van der Waals surface area (Å²) < 4.78 is 84.3. The molecule has 22 heteroatoms. The molecule has 0 aromatic carbocycles. The van der Waals surface area contributed by atoms with Crippen molar-refractivity contribution in [2.45, 2.75) is 175 Å². The van der Waals surface area contributed by atoms with Crippen LogP contribution in [0.2, 0.25) is 0 Å². The summed E-state index contributed by atoms with van der Waals surface area (Å²) in [4.78, 5) is 4.63. The summed E-state index contributed by atoms with van der Waals surface area (Å²) in [7, 11) is -8.89. The lowest BCUT2D eigenvalue weighted by Crippen LogP contribution is -2.79. The fourth-order valence-electron chi connectivity index (χ4n) is 11.2. The summed E-state index contributed by atoms with van der Waals surface area (Å²) >= 11 is 0. The van der Waals surface area contributed by atoms with Crippen molar-refractivity contribution in [3.8, 4) is 0 Å². The number of rotatable bonds is 14. The summed E-state index contributed by atoms with van der Waals surface area (Å²) in [6.45, 7) is 5.77. The Labute approximate surface area is 369 Å². The van der Waals surface area contributed by atoms with Crippen molar-refractivity contribution >= 4 is 20.2 Å². The van der Waals surface area contributed by atoms with Crippen LogP contribution in [0.3, 0.4) is 0 Å². The predicted molar refractivity (Wildman–Crippen MR) is 235 cm³/mol. The molecule has 8 rings (SSSR count). The molecule has 8 fully saturated rings. The van der Waals surface area contributed by atoms with Gasteiger partial charge in [-0.25, -0.2) is 0 Å². The maximum Gasteiger partial charge on any atom is 0.268 e. The van der Waals surface area contributed by atoms with Crippen LogP contribution in [-0.2, 0) is 29.7 Å². The molecule has 20 nitrogen and oxygen atoms in total. The highest BCUT2D eigenvalue weighted by molar-refractivity contribution is 7.86. The average molecular weight is 917 g/mol. The Hall–Kier alpha value is -1.00. The maximum absolute atomic E-state index is 13.0. The van der Waals surface area contributed by atoms with Crippen molar-refractivity contribution in [3.05, 3.63) is 12.2 Å². The lowest BCUT2D eigenvalue weighted by atomic mass is 9.81. The van der Waals surface area contributed by atoms with E-state index in [1.54, 1.807) is 12.2 Å². The van der Waals surface area contributed by atoms with Crippen molar-refractivity contribution in [1.29, 1.82) is 0 Å². The van der Waals surface area contributed by atoms with Gasteiger partial charge in [-0.3, -0.25) is 72.1 Å². The second-order valence-electron chi connectivity index (χ2n) is 19.0.